The topological polar surface area (TPSA) is 85.2 Å². The Morgan fingerprint density at radius 2 is 1.57 bits per heavy atom. The number of aryl methyl sites for hydroxylation is 2. The molecule has 0 spiro atoms. The van der Waals surface area contributed by atoms with Gasteiger partial charge < -0.3 is 0 Å². The van der Waals surface area contributed by atoms with Crippen molar-refractivity contribution in [1.82, 2.24) is 34.9 Å². The summed E-state index contributed by atoms with van der Waals surface area (Å²) in [7, 11) is 0. The largest absolute Gasteiger partial charge is 0.259 e. The first-order valence-corrected chi connectivity index (χ1v) is 9.75. The minimum Gasteiger partial charge on any atom is -0.259 e. The predicted octanol–water partition coefficient (Wildman–Crippen LogP) is 3.90. The van der Waals surface area contributed by atoms with E-state index < -0.39 is 0 Å². The first kappa shape index (κ1) is 17.9. The highest BCUT2D eigenvalue weighted by Crippen LogP contribution is 2.30. The number of hydrogen-bond acceptors (Lipinski definition) is 5. The quantitative estimate of drug-likeness (QED) is 0.473. The molecule has 2 aromatic carbocycles. The maximum absolute atomic E-state index is 4.89. The zero-order valence-electron chi connectivity index (χ0n) is 16.2. The molecule has 0 radical (unpaired) electrons. The molecule has 0 atom stereocenters. The third-order valence-electron chi connectivity index (χ3n) is 4.84. The van der Waals surface area contributed by atoms with E-state index >= 15 is 0 Å². The van der Waals surface area contributed by atoms with Gasteiger partial charge in [-0.15, -0.1) is 5.10 Å². The van der Waals surface area contributed by atoms with Crippen LogP contribution < -0.4 is 0 Å². The van der Waals surface area contributed by atoms with Crippen LogP contribution in [0.4, 0.5) is 0 Å². The number of aromatic nitrogens is 7. The van der Waals surface area contributed by atoms with Crippen molar-refractivity contribution in [2.24, 2.45) is 0 Å². The van der Waals surface area contributed by atoms with Gasteiger partial charge in [-0.25, -0.2) is 15.0 Å². The van der Waals surface area contributed by atoms with E-state index in [1.165, 1.54) is 11.9 Å². The minimum absolute atomic E-state index is 0.687. The van der Waals surface area contributed by atoms with Crippen LogP contribution in [0.5, 0.6) is 0 Å². The van der Waals surface area contributed by atoms with Crippen molar-refractivity contribution in [3.05, 3.63) is 96.7 Å². The number of nitrogens with one attached hydrogen (secondary N) is 1. The van der Waals surface area contributed by atoms with Crippen LogP contribution >= 0.6 is 0 Å². The normalized spacial score (nSPS) is 10.9. The molecule has 0 saturated heterocycles. The van der Waals surface area contributed by atoms with E-state index in [0.29, 0.717) is 5.82 Å². The van der Waals surface area contributed by atoms with Crippen LogP contribution in [0.1, 0.15) is 11.4 Å². The lowest BCUT2D eigenvalue weighted by Gasteiger charge is -2.08. The molecule has 0 aliphatic heterocycles. The molecule has 1 N–H and O–H groups in total. The van der Waals surface area contributed by atoms with Crippen LogP contribution in [-0.4, -0.2) is 34.9 Å². The van der Waals surface area contributed by atoms with E-state index in [1.54, 1.807) is 10.9 Å². The summed E-state index contributed by atoms with van der Waals surface area (Å²) in [6, 6.07) is 24.1. The highest BCUT2D eigenvalue weighted by molar-refractivity contribution is 5.77. The maximum atomic E-state index is 4.89. The second kappa shape index (κ2) is 8.08. The second-order valence-corrected chi connectivity index (χ2v) is 6.82. The zero-order chi connectivity index (χ0) is 20.2. The standard InChI is InChI=1S/C23H19N7/c1-2-8-17(9-3-1)13-14-20-27-23(30(29-20)21-12-6-7-15-24-21)19-11-5-4-10-18(19)22-25-16-26-28-22/h1-12,15-16H,13-14H2,(H,25,26,28). The summed E-state index contributed by atoms with van der Waals surface area (Å²) >= 11 is 0. The molecule has 0 bridgehead atoms. The summed E-state index contributed by atoms with van der Waals surface area (Å²) in [5.41, 5.74) is 3.09. The van der Waals surface area contributed by atoms with E-state index in [2.05, 4.69) is 32.3 Å². The Morgan fingerprint density at radius 1 is 0.767 bits per heavy atom. The van der Waals surface area contributed by atoms with Crippen LogP contribution in [-0.2, 0) is 12.8 Å². The van der Waals surface area contributed by atoms with Crippen molar-refractivity contribution in [2.75, 3.05) is 0 Å². The van der Waals surface area contributed by atoms with E-state index in [4.69, 9.17) is 10.1 Å². The summed E-state index contributed by atoms with van der Waals surface area (Å²) in [4.78, 5) is 13.7. The summed E-state index contributed by atoms with van der Waals surface area (Å²) in [5, 5.41) is 11.7. The molecule has 3 aromatic heterocycles. The molecule has 7 heteroatoms. The number of pyridine rings is 1. The van der Waals surface area contributed by atoms with Gasteiger partial charge in [0.25, 0.3) is 0 Å². The van der Waals surface area contributed by atoms with Gasteiger partial charge in [-0.05, 0) is 24.1 Å². The van der Waals surface area contributed by atoms with Gasteiger partial charge in [-0.2, -0.15) is 9.78 Å². The number of benzene rings is 2. The Hall–Kier alpha value is -4.13. The van der Waals surface area contributed by atoms with Crippen molar-refractivity contribution in [3.63, 3.8) is 0 Å². The van der Waals surface area contributed by atoms with E-state index in [-0.39, 0.29) is 0 Å². The Labute approximate surface area is 173 Å². The number of nitrogens with zero attached hydrogens (tertiary/aromatic N) is 6. The highest BCUT2D eigenvalue weighted by Gasteiger charge is 2.18. The monoisotopic (exact) mass is 393 g/mol. The van der Waals surface area contributed by atoms with Gasteiger partial charge in [-0.1, -0.05) is 60.7 Å². The fraction of sp³-hybridized carbons (Fsp3) is 0.0870. The van der Waals surface area contributed by atoms with E-state index in [9.17, 15) is 0 Å². The van der Waals surface area contributed by atoms with E-state index in [0.717, 1.165) is 41.4 Å². The molecule has 30 heavy (non-hydrogen) atoms. The van der Waals surface area contributed by atoms with Crippen LogP contribution in [0.2, 0.25) is 0 Å². The number of hydrogen-bond donors (Lipinski definition) is 1. The summed E-state index contributed by atoms with van der Waals surface area (Å²) in [5.74, 6) is 2.90. The van der Waals surface area contributed by atoms with Gasteiger partial charge in [-0.3, -0.25) is 5.10 Å². The van der Waals surface area contributed by atoms with Crippen LogP contribution in [0, 0.1) is 0 Å². The zero-order valence-corrected chi connectivity index (χ0v) is 16.2. The van der Waals surface area contributed by atoms with Gasteiger partial charge in [0.15, 0.2) is 23.3 Å². The lowest BCUT2D eigenvalue weighted by molar-refractivity contribution is 0.798. The molecule has 3 heterocycles. The highest BCUT2D eigenvalue weighted by atomic mass is 15.4. The average molecular weight is 393 g/mol. The summed E-state index contributed by atoms with van der Waals surface area (Å²) in [6.07, 6.45) is 4.87. The fourth-order valence-electron chi connectivity index (χ4n) is 3.39. The van der Waals surface area contributed by atoms with Crippen molar-refractivity contribution in [2.45, 2.75) is 12.8 Å². The molecule has 0 amide bonds. The molecule has 0 fully saturated rings. The van der Waals surface area contributed by atoms with Crippen molar-refractivity contribution < 1.29 is 0 Å². The Morgan fingerprint density at radius 3 is 2.33 bits per heavy atom. The number of H-pyrrole nitrogens is 1. The van der Waals surface area contributed by atoms with Crippen LogP contribution in [0.25, 0.3) is 28.6 Å². The summed E-state index contributed by atoms with van der Waals surface area (Å²) < 4.78 is 1.80. The summed E-state index contributed by atoms with van der Waals surface area (Å²) in [6.45, 7) is 0. The first-order valence-electron chi connectivity index (χ1n) is 9.75. The molecule has 146 valence electrons. The number of aromatic amines is 1. The molecular formula is C23H19N7. The van der Waals surface area contributed by atoms with Crippen LogP contribution in [0.15, 0.2) is 85.3 Å². The molecule has 7 nitrogen and oxygen atoms in total. The average Bonchev–Trinajstić information content (AvgIpc) is 3.49. The minimum atomic E-state index is 0.687. The van der Waals surface area contributed by atoms with E-state index in [1.807, 2.05) is 60.7 Å². The smallest absolute Gasteiger partial charge is 0.166 e. The van der Waals surface area contributed by atoms with Gasteiger partial charge in [0, 0.05) is 23.7 Å². The Bertz CT molecular complexity index is 1230. The van der Waals surface area contributed by atoms with Crippen molar-refractivity contribution >= 4 is 0 Å². The van der Waals surface area contributed by atoms with Crippen molar-refractivity contribution in [1.29, 1.82) is 0 Å². The van der Waals surface area contributed by atoms with Gasteiger partial charge in [0.1, 0.15) is 6.33 Å². The fourth-order valence-corrected chi connectivity index (χ4v) is 3.39. The molecule has 0 aliphatic rings. The van der Waals surface area contributed by atoms with Gasteiger partial charge in [0.2, 0.25) is 0 Å². The lowest BCUT2D eigenvalue weighted by Crippen LogP contribution is -2.03. The molecule has 0 aliphatic carbocycles. The molecule has 5 rings (SSSR count). The third kappa shape index (κ3) is 3.60. The third-order valence-corrected chi connectivity index (χ3v) is 4.84. The first-order chi connectivity index (χ1) is 14.9. The Kier molecular flexibility index (Phi) is 4.83. The maximum Gasteiger partial charge on any atom is 0.166 e. The molecule has 0 unspecified atom stereocenters. The predicted molar refractivity (Wildman–Crippen MR) is 114 cm³/mol. The van der Waals surface area contributed by atoms with Crippen LogP contribution in [0.3, 0.4) is 0 Å². The van der Waals surface area contributed by atoms with Crippen molar-refractivity contribution in [3.8, 4) is 28.6 Å². The number of rotatable bonds is 6. The lowest BCUT2D eigenvalue weighted by atomic mass is 10.1. The van der Waals surface area contributed by atoms with Gasteiger partial charge >= 0.3 is 0 Å². The molecule has 5 aromatic rings. The molecule has 0 saturated carbocycles. The molecular weight excluding hydrogens is 374 g/mol. The second-order valence-electron chi connectivity index (χ2n) is 6.82. The SMILES string of the molecule is c1ccc(CCc2nc(-c3ccccc3-c3ncn[nH]3)n(-c3ccccn3)n2)cc1. The Balaban J connectivity index is 1.58. The van der Waals surface area contributed by atoms with Gasteiger partial charge in [0.05, 0.1) is 0 Å².